The molecule has 0 aliphatic carbocycles. The van der Waals surface area contributed by atoms with E-state index in [1.165, 1.54) is 18.0 Å². The van der Waals surface area contributed by atoms with Gasteiger partial charge in [-0.15, -0.1) is 0 Å². The molecule has 2 aromatic rings. The van der Waals surface area contributed by atoms with E-state index in [-0.39, 0.29) is 25.1 Å². The first-order chi connectivity index (χ1) is 11.4. The predicted octanol–water partition coefficient (Wildman–Crippen LogP) is 2.89. The Hall–Kier alpha value is -2.44. The van der Waals surface area contributed by atoms with Gasteiger partial charge in [0, 0.05) is 44.7 Å². The maximum Gasteiger partial charge on any atom is 0.228 e. The van der Waals surface area contributed by atoms with Crippen molar-refractivity contribution in [3.05, 3.63) is 29.5 Å². The fourth-order valence-corrected chi connectivity index (χ4v) is 2.54. The molecule has 1 aromatic heterocycles. The summed E-state index contributed by atoms with van der Waals surface area (Å²) < 4.78 is 30.6. The molecule has 0 spiro atoms. The number of amides is 2. The maximum absolute atomic E-state index is 14.7. The quantitative estimate of drug-likeness (QED) is 0.852. The second-order valence-electron chi connectivity index (χ2n) is 5.20. The van der Waals surface area contributed by atoms with Crippen molar-refractivity contribution in [2.24, 2.45) is 7.05 Å². The van der Waals surface area contributed by atoms with Crippen LogP contribution >= 0.6 is 0 Å². The van der Waals surface area contributed by atoms with E-state index in [4.69, 9.17) is 0 Å². The van der Waals surface area contributed by atoms with E-state index in [0.717, 1.165) is 0 Å². The van der Waals surface area contributed by atoms with Crippen molar-refractivity contribution < 1.29 is 18.4 Å². The van der Waals surface area contributed by atoms with E-state index < -0.39 is 17.5 Å². The number of aryl methyl sites for hydroxylation is 2. The van der Waals surface area contributed by atoms with Gasteiger partial charge in [-0.25, -0.2) is 8.78 Å². The normalized spacial score (nSPS) is 10.1. The van der Waals surface area contributed by atoms with Crippen LogP contribution in [0.1, 0.15) is 25.8 Å². The Morgan fingerprint density at radius 1 is 1.38 bits per heavy atom. The van der Waals surface area contributed by atoms with E-state index in [0.29, 0.717) is 16.5 Å². The summed E-state index contributed by atoms with van der Waals surface area (Å²) in [4.78, 5) is 22.7. The Bertz CT molecular complexity index is 741. The van der Waals surface area contributed by atoms with Crippen LogP contribution in [0.5, 0.6) is 0 Å². The molecule has 1 N–H and O–H groups in total. The molecule has 0 saturated heterocycles. The van der Waals surface area contributed by atoms with E-state index in [1.54, 1.807) is 24.7 Å². The number of nitrogens with one attached hydrogen (secondary N) is 1. The van der Waals surface area contributed by atoms with Gasteiger partial charge >= 0.3 is 0 Å². The molecule has 7 heteroatoms. The average Bonchev–Trinajstić information content (AvgIpc) is 2.82. The van der Waals surface area contributed by atoms with E-state index in [1.807, 2.05) is 19.2 Å². The van der Waals surface area contributed by atoms with Gasteiger partial charge in [0.25, 0.3) is 0 Å². The third-order valence-corrected chi connectivity index (χ3v) is 3.61. The largest absolute Gasteiger partial charge is 0.369 e. The van der Waals surface area contributed by atoms with Crippen molar-refractivity contribution in [3.8, 4) is 0 Å². The minimum Gasteiger partial charge on any atom is -0.369 e. The Labute approximate surface area is 140 Å². The number of aromatic nitrogens is 1. The molecule has 0 bridgehead atoms. The molecule has 0 aliphatic heterocycles. The first-order valence-corrected chi connectivity index (χ1v) is 7.74. The second kappa shape index (κ2) is 8.42. The van der Waals surface area contributed by atoms with Gasteiger partial charge in [-0.2, -0.15) is 0 Å². The predicted molar refractivity (Wildman–Crippen MR) is 91.0 cm³/mol. The first kappa shape index (κ1) is 19.6. The molecule has 2 rings (SSSR count). The summed E-state index contributed by atoms with van der Waals surface area (Å²) >= 11 is 0. The summed E-state index contributed by atoms with van der Waals surface area (Å²) in [5.41, 5.74) is 1.01. The average molecular weight is 339 g/mol. The lowest BCUT2D eigenvalue weighted by molar-refractivity contribution is -0.125. The second-order valence-corrected chi connectivity index (χ2v) is 5.20. The number of halogens is 2. The molecule has 5 nitrogen and oxygen atoms in total. The summed E-state index contributed by atoms with van der Waals surface area (Å²) in [5.74, 6) is -1.84. The zero-order valence-electron chi connectivity index (χ0n) is 14.6. The van der Waals surface area contributed by atoms with Crippen molar-refractivity contribution in [3.63, 3.8) is 0 Å². The maximum atomic E-state index is 14.7. The number of hydrogen-bond donors (Lipinski definition) is 1. The molecule has 0 aliphatic rings. The SMILES string of the molecule is CC.Cc1cn(C)c2cc(F)c(N(C)CCC(=O)NC=O)c(F)c12. The zero-order valence-corrected chi connectivity index (χ0v) is 14.6. The van der Waals surface area contributed by atoms with Crippen molar-refractivity contribution in [1.29, 1.82) is 0 Å². The van der Waals surface area contributed by atoms with Gasteiger partial charge in [-0.1, -0.05) is 13.8 Å². The van der Waals surface area contributed by atoms with Crippen LogP contribution in [-0.4, -0.2) is 30.5 Å². The molecule has 2 amide bonds. The Kier molecular flexibility index (Phi) is 6.88. The molecule has 24 heavy (non-hydrogen) atoms. The number of carbonyl (C=O) groups is 2. The fourth-order valence-electron chi connectivity index (χ4n) is 2.54. The Morgan fingerprint density at radius 3 is 2.58 bits per heavy atom. The molecule has 0 radical (unpaired) electrons. The molecule has 1 heterocycles. The van der Waals surface area contributed by atoms with Crippen LogP contribution in [0.3, 0.4) is 0 Å². The standard InChI is InChI=1S/C15H17F2N3O2.C2H6/c1-9-7-20(3)11-6-10(16)15(14(17)13(9)11)19(2)5-4-12(22)18-8-21;1-2/h6-8H,4-5H2,1-3H3,(H,18,21,22);1-2H3. The number of fused-ring (bicyclic) bond motifs is 1. The van der Waals surface area contributed by atoms with Gasteiger partial charge < -0.3 is 9.47 Å². The van der Waals surface area contributed by atoms with Crippen LogP contribution in [0.25, 0.3) is 10.9 Å². The highest BCUT2D eigenvalue weighted by Crippen LogP contribution is 2.32. The molecule has 132 valence electrons. The van der Waals surface area contributed by atoms with Crippen molar-refractivity contribution >= 4 is 28.9 Å². The Balaban J connectivity index is 0.00000139. The summed E-state index contributed by atoms with van der Waals surface area (Å²) in [6, 6.07) is 1.28. The van der Waals surface area contributed by atoms with Crippen LogP contribution in [0.4, 0.5) is 14.5 Å². The van der Waals surface area contributed by atoms with Crippen molar-refractivity contribution in [2.75, 3.05) is 18.5 Å². The van der Waals surface area contributed by atoms with Gasteiger partial charge in [0.1, 0.15) is 5.69 Å². The van der Waals surface area contributed by atoms with Crippen molar-refractivity contribution in [2.45, 2.75) is 27.2 Å². The highest BCUT2D eigenvalue weighted by molar-refractivity contribution is 5.89. The third kappa shape index (κ3) is 3.90. The van der Waals surface area contributed by atoms with Crippen LogP contribution in [0.2, 0.25) is 0 Å². The Morgan fingerprint density at radius 2 is 2.00 bits per heavy atom. The molecule has 1 aromatic carbocycles. The van der Waals surface area contributed by atoms with Gasteiger partial charge in [-0.05, 0) is 12.5 Å². The number of rotatable bonds is 5. The van der Waals surface area contributed by atoms with Crippen molar-refractivity contribution in [1.82, 2.24) is 9.88 Å². The summed E-state index contributed by atoms with van der Waals surface area (Å²) in [6.45, 7) is 5.84. The number of anilines is 1. The van der Waals surface area contributed by atoms with Crippen LogP contribution in [0.15, 0.2) is 12.3 Å². The molecule has 0 fully saturated rings. The number of hydrogen-bond acceptors (Lipinski definition) is 3. The molecule has 0 atom stereocenters. The van der Waals surface area contributed by atoms with Crippen LogP contribution in [0, 0.1) is 18.6 Å². The van der Waals surface area contributed by atoms with Crippen LogP contribution in [-0.2, 0) is 16.6 Å². The fraction of sp³-hybridized carbons (Fsp3) is 0.412. The number of carbonyl (C=O) groups excluding carboxylic acids is 2. The van der Waals surface area contributed by atoms with Gasteiger partial charge in [-0.3, -0.25) is 14.9 Å². The van der Waals surface area contributed by atoms with E-state index >= 15 is 0 Å². The first-order valence-electron chi connectivity index (χ1n) is 7.74. The number of imide groups is 1. The molecular weight excluding hydrogens is 316 g/mol. The number of nitrogens with zero attached hydrogens (tertiary/aromatic N) is 2. The van der Waals surface area contributed by atoms with Gasteiger partial charge in [0.2, 0.25) is 12.3 Å². The highest BCUT2D eigenvalue weighted by atomic mass is 19.1. The topological polar surface area (TPSA) is 54.3 Å². The number of benzene rings is 1. The molecule has 0 unspecified atom stereocenters. The summed E-state index contributed by atoms with van der Waals surface area (Å²) in [7, 11) is 3.22. The van der Waals surface area contributed by atoms with Crippen LogP contribution < -0.4 is 10.2 Å². The summed E-state index contributed by atoms with van der Waals surface area (Å²) in [5, 5.41) is 2.35. The highest BCUT2D eigenvalue weighted by Gasteiger charge is 2.20. The molecule has 0 saturated carbocycles. The smallest absolute Gasteiger partial charge is 0.228 e. The monoisotopic (exact) mass is 339 g/mol. The third-order valence-electron chi connectivity index (χ3n) is 3.61. The lowest BCUT2D eigenvalue weighted by Crippen LogP contribution is -2.28. The minimum atomic E-state index is -0.690. The minimum absolute atomic E-state index is 0.0417. The lowest BCUT2D eigenvalue weighted by atomic mass is 10.1. The summed E-state index contributed by atoms with van der Waals surface area (Å²) in [6.07, 6.45) is 1.97. The lowest BCUT2D eigenvalue weighted by Gasteiger charge is -2.20. The van der Waals surface area contributed by atoms with E-state index in [2.05, 4.69) is 0 Å². The van der Waals surface area contributed by atoms with Gasteiger partial charge in [0.15, 0.2) is 11.6 Å². The van der Waals surface area contributed by atoms with Gasteiger partial charge in [0.05, 0.1) is 5.52 Å². The van der Waals surface area contributed by atoms with E-state index in [9.17, 15) is 18.4 Å². The molecular formula is C17H23F2N3O2. The zero-order chi connectivity index (χ0) is 18.4.